The molecule has 1 aromatic heterocycles. The lowest BCUT2D eigenvalue weighted by atomic mass is 9.94. The van der Waals surface area contributed by atoms with Gasteiger partial charge in [0.15, 0.2) is 0 Å². The number of carbonyl (C=O) groups is 1. The Morgan fingerprint density at radius 2 is 1.74 bits per heavy atom. The van der Waals surface area contributed by atoms with E-state index in [1.807, 2.05) is 6.92 Å². The Morgan fingerprint density at radius 3 is 2.30 bits per heavy atom. The van der Waals surface area contributed by atoms with E-state index in [-0.39, 0.29) is 17.5 Å². The molecule has 0 aliphatic rings. The maximum absolute atomic E-state index is 12.1. The van der Waals surface area contributed by atoms with Crippen LogP contribution >= 0.6 is 0 Å². The molecule has 0 aliphatic carbocycles. The van der Waals surface area contributed by atoms with Gasteiger partial charge in [0.2, 0.25) is 5.91 Å². The molecule has 23 heavy (non-hydrogen) atoms. The molecule has 5 heteroatoms. The molecule has 0 aliphatic heterocycles. The van der Waals surface area contributed by atoms with E-state index in [0.29, 0.717) is 18.2 Å². The molecule has 1 N–H and O–H groups in total. The van der Waals surface area contributed by atoms with Crippen molar-refractivity contribution in [2.24, 2.45) is 7.05 Å². The minimum atomic E-state index is -0.389. The summed E-state index contributed by atoms with van der Waals surface area (Å²) in [6, 6.07) is 9.97. The highest BCUT2D eigenvalue weighted by molar-refractivity contribution is 5.90. The highest BCUT2D eigenvalue weighted by Gasteiger charge is 2.12. The largest absolute Gasteiger partial charge is 0.349 e. The van der Waals surface area contributed by atoms with Crippen LogP contribution in [0.15, 0.2) is 41.3 Å². The summed E-state index contributed by atoms with van der Waals surface area (Å²) in [7, 11) is 1.61. The molecule has 0 saturated heterocycles. The lowest BCUT2D eigenvalue weighted by Crippen LogP contribution is -2.23. The number of nitrogens with one attached hydrogen (secondary N) is 1. The maximum atomic E-state index is 12.1. The Kier molecular flexibility index (Phi) is 5.32. The van der Waals surface area contributed by atoms with Crippen molar-refractivity contribution in [1.82, 2.24) is 9.55 Å². The summed E-state index contributed by atoms with van der Waals surface area (Å²) in [6.45, 7) is 6.33. The minimum absolute atomic E-state index is 0.0998. The normalized spacial score (nSPS) is 12.2. The van der Waals surface area contributed by atoms with Crippen molar-refractivity contribution in [1.29, 1.82) is 0 Å². The molecule has 1 aromatic carbocycles. The fourth-order valence-electron chi connectivity index (χ4n) is 2.33. The second-order valence-electron chi connectivity index (χ2n) is 6.18. The second kappa shape index (κ2) is 7.22. The van der Waals surface area contributed by atoms with E-state index in [2.05, 4.69) is 48.4 Å². The SMILES string of the molecule is CC(C)c1ccc([C@@H](C)CC(=O)Nc2ccn(C)c(=O)n2)cc1. The summed E-state index contributed by atoms with van der Waals surface area (Å²) < 4.78 is 1.36. The first-order valence-electron chi connectivity index (χ1n) is 7.80. The van der Waals surface area contributed by atoms with Crippen LogP contribution in [0.3, 0.4) is 0 Å². The Labute approximate surface area is 136 Å². The number of hydrogen-bond donors (Lipinski definition) is 1. The number of carbonyl (C=O) groups excluding carboxylic acids is 1. The van der Waals surface area contributed by atoms with Crippen LogP contribution in [0.5, 0.6) is 0 Å². The topological polar surface area (TPSA) is 64.0 Å². The second-order valence-corrected chi connectivity index (χ2v) is 6.18. The fraction of sp³-hybridized carbons (Fsp3) is 0.389. The molecule has 2 rings (SSSR count). The molecule has 2 aromatic rings. The van der Waals surface area contributed by atoms with E-state index < -0.39 is 0 Å². The van der Waals surface area contributed by atoms with Crippen LogP contribution in [0.2, 0.25) is 0 Å². The van der Waals surface area contributed by atoms with E-state index in [1.165, 1.54) is 10.1 Å². The summed E-state index contributed by atoms with van der Waals surface area (Å²) in [5.41, 5.74) is 2.02. The van der Waals surface area contributed by atoms with Gasteiger partial charge in [-0.05, 0) is 29.0 Å². The van der Waals surface area contributed by atoms with Crippen LogP contribution < -0.4 is 11.0 Å². The van der Waals surface area contributed by atoms with Crippen molar-refractivity contribution in [3.63, 3.8) is 0 Å². The molecule has 0 unspecified atom stereocenters. The predicted octanol–water partition coefficient (Wildman–Crippen LogP) is 3.04. The number of aryl methyl sites for hydroxylation is 1. The van der Waals surface area contributed by atoms with Gasteiger partial charge in [-0.2, -0.15) is 4.98 Å². The molecule has 1 heterocycles. The van der Waals surface area contributed by atoms with E-state index in [9.17, 15) is 9.59 Å². The van der Waals surface area contributed by atoms with Crippen LogP contribution in [0, 0.1) is 0 Å². The summed E-state index contributed by atoms with van der Waals surface area (Å²) in [5.74, 6) is 0.740. The third-order valence-electron chi connectivity index (χ3n) is 3.91. The number of nitrogens with zero attached hydrogens (tertiary/aromatic N) is 2. The molecule has 122 valence electrons. The molecule has 0 radical (unpaired) electrons. The zero-order valence-corrected chi connectivity index (χ0v) is 14.0. The van der Waals surface area contributed by atoms with Gasteiger partial charge in [0.25, 0.3) is 0 Å². The fourth-order valence-corrected chi connectivity index (χ4v) is 2.33. The standard InChI is InChI=1S/C18H23N3O2/c1-12(2)14-5-7-15(8-6-14)13(3)11-17(22)19-16-9-10-21(4)18(23)20-16/h5-10,12-13H,11H2,1-4H3,(H,19,20,22,23)/t13-/m0/s1. The van der Waals surface area contributed by atoms with E-state index in [4.69, 9.17) is 0 Å². The minimum Gasteiger partial charge on any atom is -0.310 e. The van der Waals surface area contributed by atoms with E-state index >= 15 is 0 Å². The van der Waals surface area contributed by atoms with Gasteiger partial charge in [0, 0.05) is 19.7 Å². The number of rotatable bonds is 5. The van der Waals surface area contributed by atoms with Crippen LogP contribution in [0.1, 0.15) is 50.2 Å². The molecule has 5 nitrogen and oxygen atoms in total. The van der Waals surface area contributed by atoms with E-state index in [0.717, 1.165) is 5.56 Å². The van der Waals surface area contributed by atoms with Gasteiger partial charge in [0.1, 0.15) is 5.82 Å². The summed E-state index contributed by atoms with van der Waals surface area (Å²) in [4.78, 5) is 27.4. The Morgan fingerprint density at radius 1 is 1.13 bits per heavy atom. The number of anilines is 1. The van der Waals surface area contributed by atoms with Crippen LogP contribution in [-0.4, -0.2) is 15.5 Å². The number of amides is 1. The number of hydrogen-bond acceptors (Lipinski definition) is 3. The average Bonchev–Trinajstić information content (AvgIpc) is 2.51. The first-order chi connectivity index (χ1) is 10.9. The van der Waals surface area contributed by atoms with E-state index in [1.54, 1.807) is 19.3 Å². The lowest BCUT2D eigenvalue weighted by Gasteiger charge is -2.13. The van der Waals surface area contributed by atoms with Crippen molar-refractivity contribution in [2.45, 2.75) is 39.0 Å². The van der Waals surface area contributed by atoms with Crippen molar-refractivity contribution >= 4 is 11.7 Å². The zero-order valence-electron chi connectivity index (χ0n) is 14.0. The Hall–Kier alpha value is -2.43. The highest BCUT2D eigenvalue weighted by Crippen LogP contribution is 2.22. The molecule has 0 bridgehead atoms. The molecular formula is C18H23N3O2. The summed E-state index contributed by atoms with van der Waals surface area (Å²) >= 11 is 0. The van der Waals surface area contributed by atoms with Gasteiger partial charge >= 0.3 is 5.69 Å². The Balaban J connectivity index is 1.98. The molecular weight excluding hydrogens is 290 g/mol. The first kappa shape index (κ1) is 16.9. The van der Waals surface area contributed by atoms with Crippen molar-refractivity contribution in [3.8, 4) is 0 Å². The smallest absolute Gasteiger partial charge is 0.310 e. The van der Waals surface area contributed by atoms with Gasteiger partial charge in [-0.25, -0.2) is 4.79 Å². The molecule has 0 spiro atoms. The van der Waals surface area contributed by atoms with Crippen LogP contribution in [0.25, 0.3) is 0 Å². The van der Waals surface area contributed by atoms with Crippen molar-refractivity contribution < 1.29 is 4.79 Å². The van der Waals surface area contributed by atoms with Crippen molar-refractivity contribution in [2.75, 3.05) is 5.32 Å². The molecule has 1 atom stereocenters. The maximum Gasteiger partial charge on any atom is 0.349 e. The quantitative estimate of drug-likeness (QED) is 0.923. The number of benzene rings is 1. The third kappa shape index (κ3) is 4.52. The van der Waals surface area contributed by atoms with Crippen LogP contribution in [-0.2, 0) is 11.8 Å². The van der Waals surface area contributed by atoms with Gasteiger partial charge in [-0.15, -0.1) is 0 Å². The van der Waals surface area contributed by atoms with Gasteiger partial charge in [0.05, 0.1) is 0 Å². The van der Waals surface area contributed by atoms with Gasteiger partial charge in [-0.3, -0.25) is 4.79 Å². The highest BCUT2D eigenvalue weighted by atomic mass is 16.2. The summed E-state index contributed by atoms with van der Waals surface area (Å²) in [5, 5.41) is 2.68. The van der Waals surface area contributed by atoms with Crippen molar-refractivity contribution in [3.05, 3.63) is 58.1 Å². The Bertz CT molecular complexity index is 733. The zero-order chi connectivity index (χ0) is 17.0. The monoisotopic (exact) mass is 313 g/mol. The predicted molar refractivity (Wildman–Crippen MR) is 91.7 cm³/mol. The van der Waals surface area contributed by atoms with Crippen LogP contribution in [0.4, 0.5) is 5.82 Å². The lowest BCUT2D eigenvalue weighted by molar-refractivity contribution is -0.116. The molecule has 1 amide bonds. The third-order valence-corrected chi connectivity index (χ3v) is 3.91. The van der Waals surface area contributed by atoms with Gasteiger partial charge < -0.3 is 9.88 Å². The number of aromatic nitrogens is 2. The average molecular weight is 313 g/mol. The summed E-state index contributed by atoms with van der Waals surface area (Å²) in [6.07, 6.45) is 1.93. The van der Waals surface area contributed by atoms with Gasteiger partial charge in [-0.1, -0.05) is 45.0 Å². The first-order valence-corrected chi connectivity index (χ1v) is 7.80. The molecule has 0 saturated carbocycles. The molecule has 0 fully saturated rings.